The van der Waals surface area contributed by atoms with Gasteiger partial charge in [-0.2, -0.15) is 4.31 Å². The Kier molecular flexibility index (Phi) is 6.99. The molecule has 170 valence electrons. The standard InChI is InChI=1S/C20H26N2O8S/c1-13-9-21(10-14(2)30-13)31(25,26)16-7-5-15(6-8-16)22-12-29-11-17(19(23)27-3)18(22)20(24)28-4/h5-8,13-14H,9-12H2,1-4H3. The van der Waals surface area contributed by atoms with Gasteiger partial charge in [0.05, 0.1) is 43.5 Å². The Labute approximate surface area is 181 Å². The van der Waals surface area contributed by atoms with E-state index in [4.69, 9.17) is 18.9 Å². The average Bonchev–Trinajstić information content (AvgIpc) is 2.76. The van der Waals surface area contributed by atoms with Crippen LogP contribution >= 0.6 is 0 Å². The molecule has 0 radical (unpaired) electrons. The molecule has 3 rings (SSSR count). The van der Waals surface area contributed by atoms with E-state index >= 15 is 0 Å². The number of rotatable bonds is 5. The van der Waals surface area contributed by atoms with Gasteiger partial charge in [-0.25, -0.2) is 18.0 Å². The van der Waals surface area contributed by atoms with E-state index in [2.05, 4.69) is 0 Å². The Morgan fingerprint density at radius 3 is 2.13 bits per heavy atom. The number of nitrogens with zero attached hydrogens (tertiary/aromatic N) is 2. The highest BCUT2D eigenvalue weighted by Gasteiger charge is 2.34. The minimum absolute atomic E-state index is 0.00737. The third-order valence-corrected chi connectivity index (χ3v) is 6.85. The molecule has 2 aliphatic rings. The first-order valence-electron chi connectivity index (χ1n) is 9.69. The van der Waals surface area contributed by atoms with Crippen LogP contribution in [0.5, 0.6) is 0 Å². The fourth-order valence-electron chi connectivity index (χ4n) is 3.62. The highest BCUT2D eigenvalue weighted by Crippen LogP contribution is 2.29. The van der Waals surface area contributed by atoms with Gasteiger partial charge in [-0.05, 0) is 38.1 Å². The fourth-order valence-corrected chi connectivity index (χ4v) is 5.21. The van der Waals surface area contributed by atoms with Gasteiger partial charge < -0.3 is 23.8 Å². The number of ether oxygens (including phenoxy) is 4. The van der Waals surface area contributed by atoms with Crippen molar-refractivity contribution in [3.63, 3.8) is 0 Å². The lowest BCUT2D eigenvalue weighted by molar-refractivity contribution is -0.140. The van der Waals surface area contributed by atoms with Crippen molar-refractivity contribution in [3.05, 3.63) is 35.5 Å². The third-order valence-electron chi connectivity index (χ3n) is 5.01. The molecule has 1 fully saturated rings. The molecular weight excluding hydrogens is 428 g/mol. The molecule has 0 saturated carbocycles. The molecule has 1 aromatic rings. The molecule has 0 amide bonds. The first-order chi connectivity index (χ1) is 14.7. The van der Waals surface area contributed by atoms with E-state index in [1.165, 1.54) is 35.6 Å². The minimum atomic E-state index is -3.71. The van der Waals surface area contributed by atoms with E-state index in [-0.39, 0.29) is 54.8 Å². The Bertz CT molecular complexity index is 963. The molecule has 2 unspecified atom stereocenters. The molecule has 2 atom stereocenters. The summed E-state index contributed by atoms with van der Waals surface area (Å²) in [7, 11) is -1.30. The van der Waals surface area contributed by atoms with Crippen LogP contribution in [0.15, 0.2) is 40.4 Å². The van der Waals surface area contributed by atoms with E-state index in [0.717, 1.165) is 0 Å². The van der Waals surface area contributed by atoms with Crippen LogP contribution in [0.1, 0.15) is 13.8 Å². The van der Waals surface area contributed by atoms with Crippen LogP contribution < -0.4 is 4.90 Å². The Morgan fingerprint density at radius 1 is 1.00 bits per heavy atom. The van der Waals surface area contributed by atoms with Gasteiger partial charge in [-0.1, -0.05) is 0 Å². The van der Waals surface area contributed by atoms with Crippen LogP contribution in [0.25, 0.3) is 0 Å². The van der Waals surface area contributed by atoms with Crippen LogP contribution in [0.2, 0.25) is 0 Å². The summed E-state index contributed by atoms with van der Waals surface area (Å²) in [5.41, 5.74) is 0.477. The summed E-state index contributed by atoms with van der Waals surface area (Å²) >= 11 is 0. The second-order valence-electron chi connectivity index (χ2n) is 7.29. The van der Waals surface area contributed by atoms with Gasteiger partial charge in [0.2, 0.25) is 10.0 Å². The van der Waals surface area contributed by atoms with Crippen molar-refractivity contribution in [1.82, 2.24) is 4.31 Å². The molecule has 0 bridgehead atoms. The second kappa shape index (κ2) is 9.35. The highest BCUT2D eigenvalue weighted by atomic mass is 32.2. The number of carbonyl (C=O) groups excluding carboxylic acids is 2. The maximum absolute atomic E-state index is 13.1. The number of sulfonamides is 1. The smallest absolute Gasteiger partial charge is 0.355 e. The monoisotopic (exact) mass is 454 g/mol. The lowest BCUT2D eigenvalue weighted by Gasteiger charge is -2.34. The van der Waals surface area contributed by atoms with Crippen LogP contribution in [-0.4, -0.2) is 77.5 Å². The zero-order valence-electron chi connectivity index (χ0n) is 17.9. The van der Waals surface area contributed by atoms with Crippen molar-refractivity contribution >= 4 is 27.6 Å². The van der Waals surface area contributed by atoms with Gasteiger partial charge in [0, 0.05) is 18.8 Å². The van der Waals surface area contributed by atoms with Gasteiger partial charge >= 0.3 is 11.9 Å². The van der Waals surface area contributed by atoms with Gasteiger partial charge in [-0.3, -0.25) is 0 Å². The highest BCUT2D eigenvalue weighted by molar-refractivity contribution is 7.89. The molecule has 1 aromatic carbocycles. The van der Waals surface area contributed by atoms with Crippen molar-refractivity contribution in [2.24, 2.45) is 0 Å². The molecule has 2 aliphatic heterocycles. The number of methoxy groups -OCH3 is 2. The van der Waals surface area contributed by atoms with Crippen molar-refractivity contribution in [2.75, 3.05) is 45.5 Å². The maximum Gasteiger partial charge on any atom is 0.355 e. The number of hydrogen-bond donors (Lipinski definition) is 0. The van der Waals surface area contributed by atoms with Crippen molar-refractivity contribution in [1.29, 1.82) is 0 Å². The summed E-state index contributed by atoms with van der Waals surface area (Å²) in [5.74, 6) is -1.43. The topological polar surface area (TPSA) is 112 Å². The van der Waals surface area contributed by atoms with E-state index in [0.29, 0.717) is 5.69 Å². The second-order valence-corrected chi connectivity index (χ2v) is 9.23. The summed E-state index contributed by atoms with van der Waals surface area (Å²) in [6.07, 6.45) is -0.402. The zero-order chi connectivity index (χ0) is 22.8. The quantitative estimate of drug-likeness (QED) is 0.599. The fraction of sp³-hybridized carbons (Fsp3) is 0.500. The first-order valence-corrected chi connectivity index (χ1v) is 11.1. The zero-order valence-corrected chi connectivity index (χ0v) is 18.7. The summed E-state index contributed by atoms with van der Waals surface area (Å²) in [5, 5.41) is 0. The average molecular weight is 455 g/mol. The van der Waals surface area contributed by atoms with Crippen LogP contribution in [-0.2, 0) is 38.6 Å². The number of benzene rings is 1. The van der Waals surface area contributed by atoms with Crippen molar-refractivity contribution < 1.29 is 37.0 Å². The molecule has 1 saturated heterocycles. The normalized spacial score (nSPS) is 22.9. The van der Waals surface area contributed by atoms with Crippen molar-refractivity contribution in [3.8, 4) is 0 Å². The number of esters is 2. The number of carbonyl (C=O) groups is 2. The molecule has 31 heavy (non-hydrogen) atoms. The summed E-state index contributed by atoms with van der Waals surface area (Å²) in [4.78, 5) is 26.0. The van der Waals surface area contributed by atoms with Gasteiger partial charge in [0.1, 0.15) is 12.4 Å². The number of anilines is 1. The van der Waals surface area contributed by atoms with Gasteiger partial charge in [-0.15, -0.1) is 0 Å². The Morgan fingerprint density at radius 2 is 1.58 bits per heavy atom. The molecule has 0 aromatic heterocycles. The molecule has 10 nitrogen and oxygen atoms in total. The van der Waals surface area contributed by atoms with Crippen LogP contribution in [0.3, 0.4) is 0 Å². The number of morpholine rings is 1. The Hall–Kier alpha value is -2.47. The lowest BCUT2D eigenvalue weighted by Crippen LogP contribution is -2.48. The number of hydrogen-bond acceptors (Lipinski definition) is 9. The molecular formula is C20H26N2O8S. The predicted octanol–water partition coefficient (Wildman–Crippen LogP) is 0.879. The van der Waals surface area contributed by atoms with E-state index < -0.39 is 22.0 Å². The van der Waals surface area contributed by atoms with E-state index in [1.54, 1.807) is 12.1 Å². The van der Waals surface area contributed by atoms with E-state index in [9.17, 15) is 18.0 Å². The molecule has 0 N–H and O–H groups in total. The van der Waals surface area contributed by atoms with E-state index in [1.807, 2.05) is 13.8 Å². The molecule has 0 spiro atoms. The lowest BCUT2D eigenvalue weighted by atomic mass is 10.1. The summed E-state index contributed by atoms with van der Waals surface area (Å²) < 4.78 is 48.1. The van der Waals surface area contributed by atoms with Crippen molar-refractivity contribution in [2.45, 2.75) is 31.0 Å². The van der Waals surface area contributed by atoms with Crippen LogP contribution in [0, 0.1) is 0 Å². The largest absolute Gasteiger partial charge is 0.466 e. The third kappa shape index (κ3) is 4.74. The SMILES string of the molecule is COC(=O)C1=C(C(=O)OC)N(c2ccc(S(=O)(=O)N3CC(C)OC(C)C3)cc2)COC1. The molecule has 2 heterocycles. The Balaban J connectivity index is 1.93. The minimum Gasteiger partial charge on any atom is -0.466 e. The summed E-state index contributed by atoms with van der Waals surface area (Å²) in [6, 6.07) is 6.01. The van der Waals surface area contributed by atoms with Gasteiger partial charge in [0.15, 0.2) is 0 Å². The molecule has 0 aliphatic carbocycles. The molecule has 11 heteroatoms. The van der Waals surface area contributed by atoms with Crippen LogP contribution in [0.4, 0.5) is 5.69 Å². The van der Waals surface area contributed by atoms with Gasteiger partial charge in [0.25, 0.3) is 0 Å². The summed E-state index contributed by atoms with van der Waals surface area (Å²) in [6.45, 7) is 4.08. The first kappa shape index (κ1) is 23.2. The maximum atomic E-state index is 13.1. The predicted molar refractivity (Wildman–Crippen MR) is 110 cm³/mol.